The van der Waals surface area contributed by atoms with E-state index in [-0.39, 0.29) is 23.5 Å². The number of thioether (sulfide) groups is 1. The molecular formula is C18H22N2O3S2. The van der Waals surface area contributed by atoms with Crippen LogP contribution < -0.4 is 5.32 Å². The fourth-order valence-corrected chi connectivity index (χ4v) is 5.60. The summed E-state index contributed by atoms with van der Waals surface area (Å²) < 4.78 is 22.8. The Morgan fingerprint density at radius 3 is 2.84 bits per heavy atom. The predicted molar refractivity (Wildman–Crippen MR) is 102 cm³/mol. The minimum atomic E-state index is -2.96. The summed E-state index contributed by atoms with van der Waals surface area (Å²) in [5, 5.41) is 4.88. The molecule has 0 bridgehead atoms. The topological polar surface area (TPSA) is 76.1 Å². The fraction of sp³-hybridized carbons (Fsp3) is 0.444. The second-order valence-corrected chi connectivity index (χ2v) is 9.91. The van der Waals surface area contributed by atoms with Crippen molar-refractivity contribution in [2.75, 3.05) is 17.3 Å². The Bertz CT molecular complexity index is 910. The average molecular weight is 379 g/mol. The van der Waals surface area contributed by atoms with E-state index >= 15 is 0 Å². The summed E-state index contributed by atoms with van der Waals surface area (Å²) >= 11 is 1.55. The molecule has 0 spiro atoms. The molecule has 25 heavy (non-hydrogen) atoms. The van der Waals surface area contributed by atoms with Gasteiger partial charge in [0.25, 0.3) is 0 Å². The molecule has 0 aliphatic carbocycles. The SMILES string of the molecule is Cc1ccc2nc(SCCC(=O)N[C@H]3CCS(=O)(=O)C3)cc(C)c2c1. The molecule has 1 amide bonds. The normalized spacial score (nSPS) is 19.2. The number of hydrogen-bond donors (Lipinski definition) is 1. The molecule has 2 heterocycles. The van der Waals surface area contributed by atoms with Gasteiger partial charge in [0, 0.05) is 23.6 Å². The zero-order valence-corrected chi connectivity index (χ0v) is 16.0. The van der Waals surface area contributed by atoms with Gasteiger partial charge < -0.3 is 5.32 Å². The van der Waals surface area contributed by atoms with Gasteiger partial charge in [-0.3, -0.25) is 4.79 Å². The number of sulfone groups is 1. The van der Waals surface area contributed by atoms with Crippen molar-refractivity contribution in [3.63, 3.8) is 0 Å². The molecule has 5 nitrogen and oxygen atoms in total. The van der Waals surface area contributed by atoms with Gasteiger partial charge in [-0.25, -0.2) is 13.4 Å². The van der Waals surface area contributed by atoms with Crippen molar-refractivity contribution in [1.82, 2.24) is 10.3 Å². The third-order valence-electron chi connectivity index (χ3n) is 4.32. The molecule has 0 saturated carbocycles. The van der Waals surface area contributed by atoms with E-state index in [1.165, 1.54) is 11.1 Å². The molecule has 1 fully saturated rings. The van der Waals surface area contributed by atoms with Crippen LogP contribution in [0.15, 0.2) is 29.3 Å². The van der Waals surface area contributed by atoms with E-state index in [2.05, 4.69) is 30.2 Å². The first kappa shape index (κ1) is 18.2. The maximum Gasteiger partial charge on any atom is 0.221 e. The lowest BCUT2D eigenvalue weighted by atomic mass is 10.1. The van der Waals surface area contributed by atoms with E-state index in [4.69, 9.17) is 0 Å². The Kier molecular flexibility index (Phi) is 5.34. The highest BCUT2D eigenvalue weighted by atomic mass is 32.2. The van der Waals surface area contributed by atoms with Crippen LogP contribution in [0.5, 0.6) is 0 Å². The molecule has 134 valence electrons. The van der Waals surface area contributed by atoms with Crippen LogP contribution in [0.3, 0.4) is 0 Å². The number of fused-ring (bicyclic) bond motifs is 1. The third kappa shape index (κ3) is 4.73. The molecule has 1 aromatic carbocycles. The molecule has 1 atom stereocenters. The first-order chi connectivity index (χ1) is 11.8. The van der Waals surface area contributed by atoms with E-state index in [9.17, 15) is 13.2 Å². The number of rotatable bonds is 5. The second-order valence-electron chi connectivity index (χ2n) is 6.56. The molecule has 0 unspecified atom stereocenters. The molecule has 0 radical (unpaired) electrons. The van der Waals surface area contributed by atoms with Gasteiger partial charge in [-0.15, -0.1) is 11.8 Å². The van der Waals surface area contributed by atoms with Crippen molar-refractivity contribution in [2.45, 2.75) is 37.8 Å². The maximum absolute atomic E-state index is 12.0. The minimum Gasteiger partial charge on any atom is -0.352 e. The van der Waals surface area contributed by atoms with Crippen molar-refractivity contribution < 1.29 is 13.2 Å². The van der Waals surface area contributed by atoms with Crippen LogP contribution in [-0.2, 0) is 14.6 Å². The van der Waals surface area contributed by atoms with E-state index in [1.54, 1.807) is 11.8 Å². The van der Waals surface area contributed by atoms with Crippen LogP contribution in [0, 0.1) is 13.8 Å². The van der Waals surface area contributed by atoms with Crippen LogP contribution in [0.2, 0.25) is 0 Å². The van der Waals surface area contributed by atoms with Crippen LogP contribution in [0.25, 0.3) is 10.9 Å². The summed E-state index contributed by atoms with van der Waals surface area (Å²) in [6.45, 7) is 4.14. The number of amides is 1. The molecule has 1 N–H and O–H groups in total. The molecule has 1 saturated heterocycles. The summed E-state index contributed by atoms with van der Waals surface area (Å²) in [6.07, 6.45) is 0.875. The van der Waals surface area contributed by atoms with E-state index < -0.39 is 9.84 Å². The molecule has 3 rings (SSSR count). The molecule has 2 aromatic rings. The third-order valence-corrected chi connectivity index (χ3v) is 7.01. The van der Waals surface area contributed by atoms with E-state index in [0.29, 0.717) is 18.6 Å². The molecular weight excluding hydrogens is 356 g/mol. The van der Waals surface area contributed by atoms with Gasteiger partial charge in [-0.1, -0.05) is 11.6 Å². The lowest BCUT2D eigenvalue weighted by Gasteiger charge is -2.11. The molecule has 1 aliphatic rings. The van der Waals surface area contributed by atoms with Gasteiger partial charge >= 0.3 is 0 Å². The molecule has 1 aliphatic heterocycles. The van der Waals surface area contributed by atoms with Crippen molar-refractivity contribution in [3.8, 4) is 0 Å². The van der Waals surface area contributed by atoms with Crippen molar-refractivity contribution >= 4 is 38.4 Å². The van der Waals surface area contributed by atoms with Gasteiger partial charge in [-0.05, 0) is 44.0 Å². The summed E-state index contributed by atoms with van der Waals surface area (Å²) in [7, 11) is -2.96. The van der Waals surface area contributed by atoms with Crippen LogP contribution >= 0.6 is 11.8 Å². The number of nitrogens with zero attached hydrogens (tertiary/aromatic N) is 1. The van der Waals surface area contributed by atoms with Gasteiger partial charge in [0.05, 0.1) is 22.0 Å². The minimum absolute atomic E-state index is 0.0662. The van der Waals surface area contributed by atoms with Crippen molar-refractivity contribution in [1.29, 1.82) is 0 Å². The number of carbonyl (C=O) groups is 1. The summed E-state index contributed by atoms with van der Waals surface area (Å²) in [6, 6.07) is 8.02. The van der Waals surface area contributed by atoms with Crippen LogP contribution in [0.1, 0.15) is 24.0 Å². The smallest absolute Gasteiger partial charge is 0.221 e. The largest absolute Gasteiger partial charge is 0.352 e. The summed E-state index contributed by atoms with van der Waals surface area (Å²) in [5.41, 5.74) is 3.36. The number of benzene rings is 1. The zero-order chi connectivity index (χ0) is 18.0. The quantitative estimate of drug-likeness (QED) is 0.810. The highest BCUT2D eigenvalue weighted by Crippen LogP contribution is 2.25. The monoisotopic (exact) mass is 378 g/mol. The number of aromatic nitrogens is 1. The lowest BCUT2D eigenvalue weighted by molar-refractivity contribution is -0.121. The Balaban J connectivity index is 1.54. The standard InChI is InChI=1S/C18H22N2O3S2/c1-12-3-4-16-15(9-12)13(2)10-18(20-16)24-7-5-17(21)19-14-6-8-25(22,23)11-14/h3-4,9-10,14H,5-8,11H2,1-2H3,(H,19,21)/t14-/m0/s1. The van der Waals surface area contributed by atoms with Gasteiger partial charge in [0.15, 0.2) is 9.84 Å². The second kappa shape index (κ2) is 7.33. The van der Waals surface area contributed by atoms with Crippen LogP contribution in [-0.4, -0.2) is 42.6 Å². The highest BCUT2D eigenvalue weighted by Gasteiger charge is 2.28. The summed E-state index contributed by atoms with van der Waals surface area (Å²) in [5.74, 6) is 0.765. The zero-order valence-electron chi connectivity index (χ0n) is 14.4. The van der Waals surface area contributed by atoms with E-state index in [0.717, 1.165) is 15.9 Å². The van der Waals surface area contributed by atoms with Crippen molar-refractivity contribution in [2.24, 2.45) is 0 Å². The Hall–Kier alpha value is -1.60. The highest BCUT2D eigenvalue weighted by molar-refractivity contribution is 7.99. The lowest BCUT2D eigenvalue weighted by Crippen LogP contribution is -2.35. The first-order valence-electron chi connectivity index (χ1n) is 8.33. The number of aryl methyl sites for hydroxylation is 2. The fourth-order valence-electron chi connectivity index (χ4n) is 3.01. The van der Waals surface area contributed by atoms with Gasteiger partial charge in [-0.2, -0.15) is 0 Å². The number of nitrogens with one attached hydrogen (secondary N) is 1. The Morgan fingerprint density at radius 1 is 1.32 bits per heavy atom. The number of hydrogen-bond acceptors (Lipinski definition) is 5. The predicted octanol–water partition coefficient (Wildman–Crippen LogP) is 2.64. The summed E-state index contributed by atoms with van der Waals surface area (Å²) in [4.78, 5) is 16.6. The maximum atomic E-state index is 12.0. The number of carbonyl (C=O) groups excluding carboxylic acids is 1. The first-order valence-corrected chi connectivity index (χ1v) is 11.1. The average Bonchev–Trinajstić information content (AvgIpc) is 2.87. The number of pyridine rings is 1. The van der Waals surface area contributed by atoms with E-state index in [1.807, 2.05) is 18.2 Å². The van der Waals surface area contributed by atoms with Crippen molar-refractivity contribution in [3.05, 3.63) is 35.4 Å². The molecule has 7 heteroatoms. The van der Waals surface area contributed by atoms with Gasteiger partial charge in [0.2, 0.25) is 5.91 Å². The Labute approximate surface area is 152 Å². The Morgan fingerprint density at radius 2 is 2.12 bits per heavy atom. The van der Waals surface area contributed by atoms with Gasteiger partial charge in [0.1, 0.15) is 0 Å². The van der Waals surface area contributed by atoms with Crippen LogP contribution in [0.4, 0.5) is 0 Å². The molecule has 1 aromatic heterocycles.